The van der Waals surface area contributed by atoms with E-state index in [2.05, 4.69) is 4.84 Å². The molecule has 0 unspecified atom stereocenters. The zero-order valence-electron chi connectivity index (χ0n) is 7.07. The molecule has 4 nitrogen and oxygen atoms in total. The summed E-state index contributed by atoms with van der Waals surface area (Å²) < 4.78 is 4.96. The van der Waals surface area contributed by atoms with Crippen LogP contribution in [-0.2, 0) is 4.84 Å². The van der Waals surface area contributed by atoms with Crippen LogP contribution in [0.4, 0.5) is 5.69 Å². The molecule has 0 saturated carbocycles. The summed E-state index contributed by atoms with van der Waals surface area (Å²) in [5, 5.41) is 0.930. The Bertz CT molecular complexity index is 235. The molecule has 0 aliphatic carbocycles. The van der Waals surface area contributed by atoms with Crippen molar-refractivity contribution >= 4 is 5.69 Å². The van der Waals surface area contributed by atoms with Crippen molar-refractivity contribution < 1.29 is 9.57 Å². The van der Waals surface area contributed by atoms with Gasteiger partial charge in [-0.25, -0.2) is 0 Å². The van der Waals surface area contributed by atoms with Crippen molar-refractivity contribution in [1.29, 1.82) is 0 Å². The van der Waals surface area contributed by atoms with Gasteiger partial charge in [0.2, 0.25) is 0 Å². The second-order valence-corrected chi connectivity index (χ2v) is 2.17. The van der Waals surface area contributed by atoms with Crippen LogP contribution in [0.2, 0.25) is 0 Å². The molecule has 0 aliphatic rings. The lowest BCUT2D eigenvalue weighted by atomic mass is 10.3. The van der Waals surface area contributed by atoms with Crippen molar-refractivity contribution in [2.24, 2.45) is 0 Å². The fraction of sp³-hybridized carbons (Fsp3) is 0.250. The minimum Gasteiger partial charge on any atom is -0.556 e. The Morgan fingerprint density at radius 1 is 1.17 bits per heavy atom. The molecule has 12 heavy (non-hydrogen) atoms. The van der Waals surface area contributed by atoms with Crippen molar-refractivity contribution in [2.45, 2.75) is 0 Å². The van der Waals surface area contributed by atoms with Gasteiger partial charge in [0.1, 0.15) is 5.75 Å². The van der Waals surface area contributed by atoms with Crippen LogP contribution in [0.1, 0.15) is 0 Å². The minimum absolute atomic E-state index is 0.665. The highest BCUT2D eigenvalue weighted by atomic mass is 16.7. The topological polar surface area (TPSA) is 45.5 Å². The Hall–Kier alpha value is -1.26. The van der Waals surface area contributed by atoms with Gasteiger partial charge < -0.3 is 15.8 Å². The second kappa shape index (κ2) is 3.94. The predicted molar refractivity (Wildman–Crippen MR) is 46.8 cm³/mol. The SMILES string of the molecule is COc1ccc(N([NH-])OC)cc1. The van der Waals surface area contributed by atoms with Gasteiger partial charge in [0.25, 0.3) is 0 Å². The molecule has 1 aromatic carbocycles. The number of hydrogen-bond acceptors (Lipinski definition) is 3. The molecule has 0 fully saturated rings. The maximum Gasteiger partial charge on any atom is 0.119 e. The Kier molecular flexibility index (Phi) is 2.90. The van der Waals surface area contributed by atoms with Crippen LogP contribution in [0.25, 0.3) is 5.84 Å². The standard InChI is InChI=1S/C8H11N2O2/c1-11-8-5-3-7(4-6-8)10(9)12-2/h3-6,9H,1-2H3/q-1. The first-order chi connectivity index (χ1) is 5.77. The molecule has 1 aromatic rings. The van der Waals surface area contributed by atoms with Crippen LogP contribution < -0.4 is 9.91 Å². The number of nitrogens with zero attached hydrogens (tertiary/aromatic N) is 1. The molecule has 0 spiro atoms. The highest BCUT2D eigenvalue weighted by molar-refractivity contribution is 5.47. The average Bonchev–Trinajstić information content (AvgIpc) is 2.17. The van der Waals surface area contributed by atoms with Crippen LogP contribution in [0.15, 0.2) is 24.3 Å². The van der Waals surface area contributed by atoms with Crippen molar-refractivity contribution in [3.05, 3.63) is 30.1 Å². The molecule has 4 heteroatoms. The third-order valence-corrected chi connectivity index (χ3v) is 1.49. The van der Waals surface area contributed by atoms with E-state index < -0.39 is 0 Å². The summed E-state index contributed by atoms with van der Waals surface area (Å²) in [6, 6.07) is 7.04. The van der Waals surface area contributed by atoms with E-state index in [1.165, 1.54) is 7.11 Å². The second-order valence-electron chi connectivity index (χ2n) is 2.17. The molecule has 0 aliphatic heterocycles. The summed E-state index contributed by atoms with van der Waals surface area (Å²) in [5.41, 5.74) is 0.665. The van der Waals surface area contributed by atoms with Crippen LogP contribution in [0, 0.1) is 0 Å². The van der Waals surface area contributed by atoms with E-state index in [1.54, 1.807) is 31.4 Å². The Balaban J connectivity index is 2.77. The van der Waals surface area contributed by atoms with Gasteiger partial charge in [-0.2, -0.15) is 0 Å². The summed E-state index contributed by atoms with van der Waals surface area (Å²) in [6.45, 7) is 0. The third kappa shape index (κ3) is 1.87. The molecule has 66 valence electrons. The van der Waals surface area contributed by atoms with Gasteiger partial charge in [0, 0.05) is 5.69 Å². The van der Waals surface area contributed by atoms with Crippen molar-refractivity contribution in [3.8, 4) is 5.75 Å². The van der Waals surface area contributed by atoms with Crippen molar-refractivity contribution in [3.63, 3.8) is 0 Å². The van der Waals surface area contributed by atoms with E-state index in [0.717, 1.165) is 10.9 Å². The quantitative estimate of drug-likeness (QED) is 0.647. The average molecular weight is 167 g/mol. The fourth-order valence-electron chi connectivity index (χ4n) is 0.823. The Labute approximate surface area is 71.4 Å². The smallest absolute Gasteiger partial charge is 0.119 e. The van der Waals surface area contributed by atoms with E-state index in [1.807, 2.05) is 0 Å². The van der Waals surface area contributed by atoms with E-state index >= 15 is 0 Å². The van der Waals surface area contributed by atoms with Crippen molar-refractivity contribution in [1.82, 2.24) is 0 Å². The molecule has 1 N–H and O–H groups in total. The fourth-order valence-corrected chi connectivity index (χ4v) is 0.823. The summed E-state index contributed by atoms with van der Waals surface area (Å²) in [5.74, 6) is 8.03. The van der Waals surface area contributed by atoms with Gasteiger partial charge in [-0.1, -0.05) is 0 Å². The largest absolute Gasteiger partial charge is 0.556 e. The molecular formula is C8H11N2O2-. The number of hydrogen-bond donors (Lipinski definition) is 0. The van der Waals surface area contributed by atoms with Gasteiger partial charge in [-0.15, -0.1) is 0 Å². The van der Waals surface area contributed by atoms with Crippen LogP contribution in [0.5, 0.6) is 5.75 Å². The Morgan fingerprint density at radius 3 is 2.17 bits per heavy atom. The van der Waals surface area contributed by atoms with Gasteiger partial charge >= 0.3 is 0 Å². The van der Waals surface area contributed by atoms with E-state index in [-0.39, 0.29) is 0 Å². The van der Waals surface area contributed by atoms with Gasteiger partial charge in [0.05, 0.1) is 14.2 Å². The number of benzene rings is 1. The highest BCUT2D eigenvalue weighted by Gasteiger charge is 1.93. The monoisotopic (exact) mass is 167 g/mol. The maximum absolute atomic E-state index is 7.26. The van der Waals surface area contributed by atoms with E-state index in [4.69, 9.17) is 10.6 Å². The molecule has 0 aromatic heterocycles. The zero-order chi connectivity index (χ0) is 8.97. The van der Waals surface area contributed by atoms with Crippen LogP contribution >= 0.6 is 0 Å². The highest BCUT2D eigenvalue weighted by Crippen LogP contribution is 2.18. The maximum atomic E-state index is 7.26. The molecule has 1 rings (SSSR count). The lowest BCUT2D eigenvalue weighted by Crippen LogP contribution is -2.09. The van der Waals surface area contributed by atoms with Crippen molar-refractivity contribution in [2.75, 3.05) is 19.4 Å². The molecule has 0 amide bonds. The van der Waals surface area contributed by atoms with E-state index in [0.29, 0.717) is 5.69 Å². The molecule has 0 heterocycles. The van der Waals surface area contributed by atoms with Gasteiger partial charge in [0.15, 0.2) is 0 Å². The van der Waals surface area contributed by atoms with Gasteiger partial charge in [-0.05, 0) is 24.3 Å². The molecule has 0 atom stereocenters. The zero-order valence-corrected chi connectivity index (χ0v) is 7.07. The summed E-state index contributed by atoms with van der Waals surface area (Å²) >= 11 is 0. The van der Waals surface area contributed by atoms with Crippen LogP contribution in [0.3, 0.4) is 0 Å². The first-order valence-electron chi connectivity index (χ1n) is 3.47. The first-order valence-corrected chi connectivity index (χ1v) is 3.47. The lowest BCUT2D eigenvalue weighted by molar-refractivity contribution is 0.197. The molecule has 0 bridgehead atoms. The summed E-state index contributed by atoms with van der Waals surface area (Å²) in [4.78, 5) is 4.67. The summed E-state index contributed by atoms with van der Waals surface area (Å²) in [6.07, 6.45) is 0. The number of anilines is 1. The summed E-state index contributed by atoms with van der Waals surface area (Å²) in [7, 11) is 3.04. The third-order valence-electron chi connectivity index (χ3n) is 1.49. The Morgan fingerprint density at radius 2 is 1.75 bits per heavy atom. The number of nitrogens with one attached hydrogen (secondary N) is 1. The number of ether oxygens (including phenoxy) is 1. The van der Waals surface area contributed by atoms with Gasteiger partial charge in [-0.3, -0.25) is 4.84 Å². The number of methoxy groups -OCH3 is 1. The molecular weight excluding hydrogens is 156 g/mol. The predicted octanol–water partition coefficient (Wildman–Crippen LogP) is 2.03. The van der Waals surface area contributed by atoms with Crippen LogP contribution in [-0.4, -0.2) is 14.2 Å². The molecule has 0 saturated heterocycles. The minimum atomic E-state index is 0.665. The molecule has 0 radical (unpaired) electrons. The number of rotatable bonds is 3. The first kappa shape index (κ1) is 8.83. The lowest BCUT2D eigenvalue weighted by Gasteiger charge is -2.25. The van der Waals surface area contributed by atoms with E-state index in [9.17, 15) is 0 Å². The normalized spacial score (nSPS) is 9.58.